The van der Waals surface area contributed by atoms with E-state index in [1.165, 1.54) is 22.2 Å². The Labute approximate surface area is 217 Å². The molecule has 0 radical (unpaired) electrons. The highest BCUT2D eigenvalue weighted by molar-refractivity contribution is 7.22. The summed E-state index contributed by atoms with van der Waals surface area (Å²) in [7, 11) is 0. The van der Waals surface area contributed by atoms with Crippen LogP contribution in [-0.4, -0.2) is 45.4 Å². The van der Waals surface area contributed by atoms with Gasteiger partial charge in [0.1, 0.15) is 4.70 Å². The Bertz CT molecular complexity index is 1580. The highest BCUT2D eigenvalue weighted by Gasteiger charge is 2.42. The number of thiophene rings is 1. The van der Waals surface area contributed by atoms with Gasteiger partial charge in [-0.05, 0) is 53.8 Å². The van der Waals surface area contributed by atoms with E-state index >= 15 is 0 Å². The average Bonchev–Trinajstić information content (AvgIpc) is 3.19. The number of carbonyl (C=O) groups is 2. The number of amides is 1. The molecular formula is C26H19ClF3N3O3S. The Morgan fingerprint density at radius 3 is 2.41 bits per heavy atom. The predicted octanol–water partition coefficient (Wildman–Crippen LogP) is 5.15. The summed E-state index contributed by atoms with van der Waals surface area (Å²) in [5, 5.41) is 0.605. The normalized spacial score (nSPS) is 13.9. The van der Waals surface area contributed by atoms with Gasteiger partial charge in [0.05, 0.1) is 18.4 Å². The van der Waals surface area contributed by atoms with Crippen molar-refractivity contribution < 1.29 is 22.8 Å². The molecule has 0 bridgehead atoms. The number of ketones is 1. The smallest absolute Gasteiger partial charge is 0.334 e. The van der Waals surface area contributed by atoms with Crippen LogP contribution in [-0.2, 0) is 24.2 Å². The Morgan fingerprint density at radius 2 is 1.70 bits per heavy atom. The van der Waals surface area contributed by atoms with Gasteiger partial charge in [0.25, 0.3) is 5.56 Å². The van der Waals surface area contributed by atoms with Gasteiger partial charge in [0, 0.05) is 28.6 Å². The molecule has 0 spiro atoms. The zero-order valence-corrected chi connectivity index (χ0v) is 20.8. The minimum Gasteiger partial charge on any atom is -0.334 e. The van der Waals surface area contributed by atoms with E-state index in [2.05, 4.69) is 4.98 Å². The van der Waals surface area contributed by atoms with Crippen molar-refractivity contribution in [3.05, 3.63) is 86.9 Å². The summed E-state index contributed by atoms with van der Waals surface area (Å²) in [6, 6.07) is 14.0. The van der Waals surface area contributed by atoms with Crippen molar-refractivity contribution >= 4 is 44.8 Å². The third kappa shape index (κ3) is 5.17. The van der Waals surface area contributed by atoms with Crippen LogP contribution >= 0.6 is 22.9 Å². The molecule has 1 aliphatic heterocycles. The molecule has 0 N–H and O–H groups in total. The number of alkyl halides is 3. The highest BCUT2D eigenvalue weighted by atomic mass is 35.5. The number of halogens is 4. The van der Waals surface area contributed by atoms with Gasteiger partial charge in [-0.3, -0.25) is 19.0 Å². The van der Waals surface area contributed by atoms with E-state index in [1.54, 1.807) is 30.3 Å². The van der Waals surface area contributed by atoms with Gasteiger partial charge in [-0.25, -0.2) is 4.98 Å². The fourth-order valence-electron chi connectivity index (χ4n) is 4.34. The molecule has 2 aromatic carbocycles. The van der Waals surface area contributed by atoms with Crippen molar-refractivity contribution in [2.75, 3.05) is 13.1 Å². The molecule has 0 unspecified atom stereocenters. The van der Waals surface area contributed by atoms with Crippen LogP contribution < -0.4 is 5.56 Å². The fraction of sp³-hybridized carbons (Fsp3) is 0.231. The first-order chi connectivity index (χ1) is 17.6. The molecule has 11 heteroatoms. The fourth-order valence-corrected chi connectivity index (χ4v) is 5.53. The molecule has 0 atom stereocenters. The third-order valence-corrected chi connectivity index (χ3v) is 7.72. The summed E-state index contributed by atoms with van der Waals surface area (Å²) < 4.78 is 40.2. The molecular weight excluding hydrogens is 527 g/mol. The van der Waals surface area contributed by atoms with E-state index in [0.717, 1.165) is 26.5 Å². The maximum Gasteiger partial charge on any atom is 0.471 e. The third-order valence-electron chi connectivity index (χ3n) is 6.31. The number of carbonyl (C=O) groups excluding carboxylic acids is 2. The lowest BCUT2D eigenvalue weighted by molar-refractivity contribution is -0.185. The van der Waals surface area contributed by atoms with Gasteiger partial charge in [-0.1, -0.05) is 35.9 Å². The highest BCUT2D eigenvalue weighted by Crippen LogP contribution is 2.31. The van der Waals surface area contributed by atoms with Crippen molar-refractivity contribution in [3.8, 4) is 10.4 Å². The molecule has 37 heavy (non-hydrogen) atoms. The van der Waals surface area contributed by atoms with Crippen LogP contribution in [0.1, 0.15) is 21.5 Å². The molecule has 6 nitrogen and oxygen atoms in total. The zero-order valence-electron chi connectivity index (χ0n) is 19.2. The van der Waals surface area contributed by atoms with Crippen molar-refractivity contribution in [2.45, 2.75) is 25.6 Å². The van der Waals surface area contributed by atoms with Crippen LogP contribution in [0.25, 0.3) is 20.7 Å². The van der Waals surface area contributed by atoms with Gasteiger partial charge in [-0.15, -0.1) is 11.3 Å². The van der Waals surface area contributed by atoms with Crippen LogP contribution in [0.5, 0.6) is 0 Å². The summed E-state index contributed by atoms with van der Waals surface area (Å²) in [4.78, 5) is 43.7. The molecule has 0 saturated heterocycles. The Balaban J connectivity index is 1.35. The Kier molecular flexibility index (Phi) is 6.63. The second-order valence-electron chi connectivity index (χ2n) is 8.71. The molecule has 4 aromatic rings. The summed E-state index contributed by atoms with van der Waals surface area (Å²) >= 11 is 7.24. The minimum atomic E-state index is -4.92. The van der Waals surface area contributed by atoms with E-state index < -0.39 is 12.1 Å². The summed E-state index contributed by atoms with van der Waals surface area (Å²) in [5.41, 5.74) is 2.95. The number of rotatable bonds is 4. The number of hydrogen-bond donors (Lipinski definition) is 0. The molecule has 1 amide bonds. The largest absolute Gasteiger partial charge is 0.471 e. The first-order valence-corrected chi connectivity index (χ1v) is 12.6. The van der Waals surface area contributed by atoms with E-state index in [1.807, 2.05) is 18.2 Å². The van der Waals surface area contributed by atoms with Gasteiger partial charge in [-0.2, -0.15) is 13.2 Å². The maximum absolute atomic E-state index is 13.1. The maximum atomic E-state index is 13.1. The number of nitrogens with zero attached hydrogens (tertiary/aromatic N) is 3. The van der Waals surface area contributed by atoms with Crippen LogP contribution in [0, 0.1) is 0 Å². The predicted molar refractivity (Wildman–Crippen MR) is 135 cm³/mol. The van der Waals surface area contributed by atoms with E-state index in [0.29, 0.717) is 20.8 Å². The zero-order chi connectivity index (χ0) is 26.3. The molecule has 1 aliphatic rings. The van der Waals surface area contributed by atoms with E-state index in [9.17, 15) is 27.6 Å². The Hall–Kier alpha value is -3.50. The number of Topliss-reactive ketones (excluding diaryl/α,β-unsaturated/α-hetero) is 1. The molecule has 0 fully saturated rings. The second kappa shape index (κ2) is 9.75. The second-order valence-corrected chi connectivity index (χ2v) is 10.2. The monoisotopic (exact) mass is 545 g/mol. The number of fused-ring (bicyclic) bond motifs is 2. The number of benzene rings is 2. The van der Waals surface area contributed by atoms with Gasteiger partial charge < -0.3 is 4.90 Å². The molecule has 0 saturated carbocycles. The summed E-state index contributed by atoms with van der Waals surface area (Å²) in [6.45, 7) is -0.358. The van der Waals surface area contributed by atoms with Crippen LogP contribution in [0.2, 0.25) is 5.02 Å². The van der Waals surface area contributed by atoms with Crippen LogP contribution in [0.15, 0.2) is 59.7 Å². The average molecular weight is 546 g/mol. The van der Waals surface area contributed by atoms with Crippen molar-refractivity contribution in [2.24, 2.45) is 0 Å². The quantitative estimate of drug-likeness (QED) is 0.333. The van der Waals surface area contributed by atoms with Crippen molar-refractivity contribution in [1.82, 2.24) is 14.5 Å². The van der Waals surface area contributed by atoms with Crippen molar-refractivity contribution in [1.29, 1.82) is 0 Å². The number of hydrogen-bond acceptors (Lipinski definition) is 5. The SMILES string of the molecule is O=C(Cn1cnc2cc(-c3ccc(Cl)cc3)sc2c1=O)c1ccc2c(c1)CCN(C(=O)C(F)(F)F)CC2. The van der Waals surface area contributed by atoms with E-state index in [-0.39, 0.29) is 43.8 Å². The van der Waals surface area contributed by atoms with Gasteiger partial charge in [0.2, 0.25) is 0 Å². The van der Waals surface area contributed by atoms with E-state index in [4.69, 9.17) is 11.6 Å². The summed E-state index contributed by atoms with van der Waals surface area (Å²) in [5.74, 6) is -2.18. The van der Waals surface area contributed by atoms with Crippen LogP contribution in [0.3, 0.4) is 0 Å². The molecule has 190 valence electrons. The lowest BCUT2D eigenvalue weighted by Crippen LogP contribution is -2.42. The first-order valence-electron chi connectivity index (χ1n) is 11.4. The van der Waals surface area contributed by atoms with Crippen molar-refractivity contribution in [3.63, 3.8) is 0 Å². The topological polar surface area (TPSA) is 72.3 Å². The van der Waals surface area contributed by atoms with Crippen LogP contribution in [0.4, 0.5) is 13.2 Å². The molecule has 5 rings (SSSR count). The molecule has 0 aliphatic carbocycles. The molecule has 3 heterocycles. The molecule has 2 aromatic heterocycles. The standard InChI is InChI=1S/C26H19ClF3N3O3S/c27-19-5-3-16(4-6-19)22-12-20-23(37-22)24(35)33(14-31-20)13-21(34)18-2-1-15-7-9-32(10-8-17(15)11-18)25(36)26(28,29)30/h1-6,11-12,14H,7-10,13H2. The lowest BCUT2D eigenvalue weighted by Gasteiger charge is -2.21. The first kappa shape index (κ1) is 25.2. The lowest BCUT2D eigenvalue weighted by atomic mass is 9.98. The van der Waals surface area contributed by atoms with Gasteiger partial charge in [0.15, 0.2) is 5.78 Å². The number of aromatic nitrogens is 2. The van der Waals surface area contributed by atoms with Gasteiger partial charge >= 0.3 is 12.1 Å². The Morgan fingerprint density at radius 1 is 1.00 bits per heavy atom. The minimum absolute atomic E-state index is 0.0431. The summed E-state index contributed by atoms with van der Waals surface area (Å²) in [6.07, 6.45) is -3.11.